The number of carbonyl (C=O) groups is 1. The van der Waals surface area contributed by atoms with Crippen LogP contribution in [0.1, 0.15) is 15.9 Å². The molecule has 0 unspecified atom stereocenters. The lowest BCUT2D eigenvalue weighted by Crippen LogP contribution is -2.42. The van der Waals surface area contributed by atoms with Crippen molar-refractivity contribution >= 4 is 33.2 Å². The molecule has 0 aliphatic carbocycles. The molecule has 1 aliphatic heterocycles. The number of carbonyl (C=O) groups excluding carboxylic acids is 1. The fourth-order valence-electron chi connectivity index (χ4n) is 2.60. The molecular weight excluding hydrogens is 328 g/mol. The number of anilines is 2. The zero-order valence-electron chi connectivity index (χ0n) is 12.1. The fourth-order valence-corrected chi connectivity index (χ4v) is 2.98. The molecule has 4 heteroatoms. The molecule has 1 heterocycles. The van der Waals surface area contributed by atoms with Crippen molar-refractivity contribution in [2.45, 2.75) is 6.92 Å². The summed E-state index contributed by atoms with van der Waals surface area (Å²) in [4.78, 5) is 16.9. The van der Waals surface area contributed by atoms with E-state index in [2.05, 4.69) is 33.9 Å². The molecule has 1 aliphatic rings. The Morgan fingerprint density at radius 3 is 2.52 bits per heavy atom. The lowest BCUT2D eigenvalue weighted by Gasteiger charge is -2.35. The van der Waals surface area contributed by atoms with Crippen LogP contribution < -0.4 is 9.80 Å². The van der Waals surface area contributed by atoms with Crippen LogP contribution in [0.5, 0.6) is 0 Å². The maximum atomic E-state index is 12.8. The van der Waals surface area contributed by atoms with Crippen molar-refractivity contribution in [2.75, 3.05) is 29.9 Å². The molecule has 108 valence electrons. The van der Waals surface area contributed by atoms with E-state index in [0.717, 1.165) is 28.0 Å². The van der Waals surface area contributed by atoms with Gasteiger partial charge in [-0.05, 0) is 36.8 Å². The van der Waals surface area contributed by atoms with Gasteiger partial charge < -0.3 is 9.80 Å². The van der Waals surface area contributed by atoms with Gasteiger partial charge in [-0.1, -0.05) is 34.1 Å². The summed E-state index contributed by atoms with van der Waals surface area (Å²) in [7, 11) is 2.06. The summed E-state index contributed by atoms with van der Waals surface area (Å²) < 4.78 is 0.968. The zero-order chi connectivity index (χ0) is 15.0. The Hall–Kier alpha value is -1.81. The second kappa shape index (κ2) is 5.53. The minimum atomic E-state index is 0.0521. The molecule has 0 atom stereocenters. The highest BCUT2D eigenvalue weighted by molar-refractivity contribution is 9.10. The molecule has 0 spiro atoms. The third-order valence-electron chi connectivity index (χ3n) is 3.91. The Bertz CT molecular complexity index is 699. The first-order chi connectivity index (χ1) is 10.1. The van der Waals surface area contributed by atoms with E-state index in [0.29, 0.717) is 12.1 Å². The number of benzene rings is 2. The van der Waals surface area contributed by atoms with Gasteiger partial charge in [-0.3, -0.25) is 4.79 Å². The van der Waals surface area contributed by atoms with E-state index in [1.807, 2.05) is 48.2 Å². The monoisotopic (exact) mass is 344 g/mol. The molecular formula is C17H17BrN2O. The van der Waals surface area contributed by atoms with Crippen LogP contribution in [0.2, 0.25) is 0 Å². The normalized spacial score (nSPS) is 14.0. The van der Waals surface area contributed by atoms with E-state index < -0.39 is 0 Å². The fraction of sp³-hybridized carbons (Fsp3) is 0.235. The van der Waals surface area contributed by atoms with Crippen LogP contribution in [0.25, 0.3) is 0 Å². The van der Waals surface area contributed by atoms with Gasteiger partial charge in [0, 0.05) is 30.2 Å². The Morgan fingerprint density at radius 1 is 1.10 bits per heavy atom. The molecule has 2 aromatic rings. The van der Waals surface area contributed by atoms with Crippen LogP contribution in [-0.2, 0) is 0 Å². The Morgan fingerprint density at radius 2 is 1.81 bits per heavy atom. The van der Waals surface area contributed by atoms with Crippen LogP contribution in [0.4, 0.5) is 11.4 Å². The van der Waals surface area contributed by atoms with Gasteiger partial charge in [0.2, 0.25) is 0 Å². The lowest BCUT2D eigenvalue weighted by molar-refractivity contribution is 0.0986. The minimum Gasteiger partial charge on any atom is -0.371 e. The van der Waals surface area contributed by atoms with Crippen LogP contribution in [0, 0.1) is 6.92 Å². The van der Waals surface area contributed by atoms with Gasteiger partial charge in [0.25, 0.3) is 5.91 Å². The molecule has 3 nitrogen and oxygen atoms in total. The topological polar surface area (TPSA) is 23.6 Å². The first-order valence-electron chi connectivity index (χ1n) is 6.96. The highest BCUT2D eigenvalue weighted by Crippen LogP contribution is 2.33. The standard InChI is InChI=1S/C17H17BrN2O/c1-12-7-8-13(11-14(12)18)17(21)20-10-9-19(2)15-5-3-4-6-16(15)20/h3-8,11H,9-10H2,1-2H3. The first-order valence-corrected chi connectivity index (χ1v) is 7.75. The number of para-hydroxylation sites is 2. The second-order valence-electron chi connectivity index (χ2n) is 5.33. The maximum Gasteiger partial charge on any atom is 0.258 e. The molecule has 0 N–H and O–H groups in total. The third kappa shape index (κ3) is 2.56. The number of likely N-dealkylation sites (N-methyl/N-ethyl adjacent to an activating group) is 1. The predicted octanol–water partition coefficient (Wildman–Crippen LogP) is 3.85. The van der Waals surface area contributed by atoms with Crippen molar-refractivity contribution in [2.24, 2.45) is 0 Å². The number of halogens is 1. The average Bonchev–Trinajstić information content (AvgIpc) is 2.50. The van der Waals surface area contributed by atoms with Crippen molar-refractivity contribution in [3.05, 3.63) is 58.1 Å². The van der Waals surface area contributed by atoms with E-state index in [9.17, 15) is 4.79 Å². The van der Waals surface area contributed by atoms with Crippen molar-refractivity contribution in [1.29, 1.82) is 0 Å². The smallest absolute Gasteiger partial charge is 0.258 e. The van der Waals surface area contributed by atoms with Gasteiger partial charge >= 0.3 is 0 Å². The Balaban J connectivity index is 1.99. The third-order valence-corrected chi connectivity index (χ3v) is 4.76. The summed E-state index contributed by atoms with van der Waals surface area (Å²) in [6, 6.07) is 13.8. The van der Waals surface area contributed by atoms with E-state index >= 15 is 0 Å². The van der Waals surface area contributed by atoms with Gasteiger partial charge in [-0.15, -0.1) is 0 Å². The Labute approximate surface area is 133 Å². The number of fused-ring (bicyclic) bond motifs is 1. The largest absolute Gasteiger partial charge is 0.371 e. The maximum absolute atomic E-state index is 12.8. The molecule has 3 rings (SSSR count). The summed E-state index contributed by atoms with van der Waals surface area (Å²) in [5, 5.41) is 0. The quantitative estimate of drug-likeness (QED) is 0.784. The van der Waals surface area contributed by atoms with Crippen molar-refractivity contribution in [3.63, 3.8) is 0 Å². The van der Waals surface area contributed by atoms with Crippen LogP contribution >= 0.6 is 15.9 Å². The summed E-state index contributed by atoms with van der Waals surface area (Å²) in [5.41, 5.74) is 3.92. The van der Waals surface area contributed by atoms with Crippen LogP contribution in [-0.4, -0.2) is 26.0 Å². The molecule has 0 bridgehead atoms. The highest BCUT2D eigenvalue weighted by atomic mass is 79.9. The van der Waals surface area contributed by atoms with Gasteiger partial charge in [0.05, 0.1) is 11.4 Å². The number of aryl methyl sites for hydroxylation is 1. The molecule has 0 saturated heterocycles. The number of nitrogens with zero attached hydrogens (tertiary/aromatic N) is 2. The molecule has 0 aromatic heterocycles. The van der Waals surface area contributed by atoms with Gasteiger partial charge in [-0.2, -0.15) is 0 Å². The summed E-state index contributed by atoms with van der Waals surface area (Å²) in [6.45, 7) is 3.57. The SMILES string of the molecule is Cc1ccc(C(=O)N2CCN(C)c3ccccc32)cc1Br. The predicted molar refractivity (Wildman–Crippen MR) is 90.3 cm³/mol. The molecule has 21 heavy (non-hydrogen) atoms. The van der Waals surface area contributed by atoms with E-state index in [1.165, 1.54) is 0 Å². The van der Waals surface area contributed by atoms with Gasteiger partial charge in [-0.25, -0.2) is 0 Å². The van der Waals surface area contributed by atoms with Crippen LogP contribution in [0.15, 0.2) is 46.9 Å². The summed E-state index contributed by atoms with van der Waals surface area (Å²) in [6.07, 6.45) is 0. The minimum absolute atomic E-state index is 0.0521. The molecule has 0 radical (unpaired) electrons. The summed E-state index contributed by atoms with van der Waals surface area (Å²) in [5.74, 6) is 0.0521. The van der Waals surface area contributed by atoms with Crippen molar-refractivity contribution < 1.29 is 4.79 Å². The van der Waals surface area contributed by atoms with Crippen molar-refractivity contribution in [1.82, 2.24) is 0 Å². The number of hydrogen-bond acceptors (Lipinski definition) is 2. The zero-order valence-corrected chi connectivity index (χ0v) is 13.7. The molecule has 2 aromatic carbocycles. The molecule has 1 amide bonds. The number of rotatable bonds is 1. The van der Waals surface area contributed by atoms with Gasteiger partial charge in [0.15, 0.2) is 0 Å². The number of hydrogen-bond donors (Lipinski definition) is 0. The van der Waals surface area contributed by atoms with E-state index in [-0.39, 0.29) is 5.91 Å². The lowest BCUT2D eigenvalue weighted by atomic mass is 10.1. The number of amides is 1. The first kappa shape index (κ1) is 14.1. The highest BCUT2D eigenvalue weighted by Gasteiger charge is 2.25. The molecule has 0 saturated carbocycles. The Kier molecular flexibility index (Phi) is 3.72. The molecule has 0 fully saturated rings. The average molecular weight is 345 g/mol. The second-order valence-corrected chi connectivity index (χ2v) is 6.19. The van der Waals surface area contributed by atoms with Crippen molar-refractivity contribution in [3.8, 4) is 0 Å². The van der Waals surface area contributed by atoms with Crippen LogP contribution in [0.3, 0.4) is 0 Å². The summed E-state index contributed by atoms with van der Waals surface area (Å²) >= 11 is 3.50. The van der Waals surface area contributed by atoms with E-state index in [4.69, 9.17) is 0 Å². The van der Waals surface area contributed by atoms with Gasteiger partial charge in [0.1, 0.15) is 0 Å². The van der Waals surface area contributed by atoms with E-state index in [1.54, 1.807) is 0 Å².